The standard InChI is InChI=1S/C24H19NO2/c1-17-7-6-14-25-22(17)16-20-10-4-5-11-23(20)27-24(26)21-13-12-18-8-2-3-9-19(18)15-21/h2-15H,16H2,1H3. The highest BCUT2D eigenvalue weighted by Crippen LogP contribution is 2.24. The molecule has 3 nitrogen and oxygen atoms in total. The minimum absolute atomic E-state index is 0.356. The van der Waals surface area contributed by atoms with Gasteiger partial charge in [-0.3, -0.25) is 4.98 Å². The molecule has 4 aromatic rings. The lowest BCUT2D eigenvalue weighted by Gasteiger charge is -2.11. The molecule has 1 aromatic heterocycles. The lowest BCUT2D eigenvalue weighted by molar-refractivity contribution is 0.0733. The Kier molecular flexibility index (Phi) is 4.67. The van der Waals surface area contributed by atoms with E-state index in [4.69, 9.17) is 4.74 Å². The van der Waals surface area contributed by atoms with E-state index in [9.17, 15) is 4.79 Å². The normalized spacial score (nSPS) is 10.7. The number of pyridine rings is 1. The smallest absolute Gasteiger partial charge is 0.343 e. The summed E-state index contributed by atoms with van der Waals surface area (Å²) in [6, 6.07) is 25.1. The van der Waals surface area contributed by atoms with E-state index in [0.717, 1.165) is 27.6 Å². The minimum Gasteiger partial charge on any atom is -0.423 e. The van der Waals surface area contributed by atoms with Gasteiger partial charge in [-0.25, -0.2) is 4.79 Å². The number of aryl methyl sites for hydroxylation is 1. The predicted molar refractivity (Wildman–Crippen MR) is 107 cm³/mol. The van der Waals surface area contributed by atoms with Crippen LogP contribution in [0.3, 0.4) is 0 Å². The van der Waals surface area contributed by atoms with E-state index in [2.05, 4.69) is 4.98 Å². The zero-order chi connectivity index (χ0) is 18.6. The summed E-state index contributed by atoms with van der Waals surface area (Å²) < 4.78 is 5.73. The van der Waals surface area contributed by atoms with Crippen molar-refractivity contribution in [1.29, 1.82) is 0 Å². The Balaban J connectivity index is 1.60. The van der Waals surface area contributed by atoms with Crippen LogP contribution in [0.5, 0.6) is 5.75 Å². The highest BCUT2D eigenvalue weighted by Gasteiger charge is 2.13. The molecule has 132 valence electrons. The summed E-state index contributed by atoms with van der Waals surface area (Å²) >= 11 is 0. The van der Waals surface area contributed by atoms with Gasteiger partial charge in [-0.2, -0.15) is 0 Å². The monoisotopic (exact) mass is 353 g/mol. The van der Waals surface area contributed by atoms with Crippen LogP contribution in [0.15, 0.2) is 85.1 Å². The van der Waals surface area contributed by atoms with Gasteiger partial charge in [-0.1, -0.05) is 54.6 Å². The zero-order valence-electron chi connectivity index (χ0n) is 15.1. The fraction of sp³-hybridized carbons (Fsp3) is 0.0833. The quantitative estimate of drug-likeness (QED) is 0.366. The maximum Gasteiger partial charge on any atom is 0.343 e. The number of esters is 1. The largest absolute Gasteiger partial charge is 0.423 e. The number of carbonyl (C=O) groups excluding carboxylic acids is 1. The topological polar surface area (TPSA) is 39.2 Å². The Labute approximate surface area is 158 Å². The van der Waals surface area contributed by atoms with Crippen molar-refractivity contribution in [3.63, 3.8) is 0 Å². The molecule has 3 heteroatoms. The Morgan fingerprint density at radius 2 is 1.67 bits per heavy atom. The van der Waals surface area contributed by atoms with Crippen LogP contribution in [0.25, 0.3) is 10.8 Å². The number of rotatable bonds is 4. The summed E-state index contributed by atoms with van der Waals surface area (Å²) in [5.41, 5.74) is 3.57. The second-order valence-corrected chi connectivity index (χ2v) is 6.50. The van der Waals surface area contributed by atoms with E-state index in [-0.39, 0.29) is 5.97 Å². The maximum absolute atomic E-state index is 12.7. The molecular weight excluding hydrogens is 334 g/mol. The number of para-hydroxylation sites is 1. The molecule has 0 aliphatic rings. The summed E-state index contributed by atoms with van der Waals surface area (Å²) in [6.45, 7) is 2.03. The zero-order valence-corrected chi connectivity index (χ0v) is 15.1. The van der Waals surface area contributed by atoms with Crippen LogP contribution in [0.1, 0.15) is 27.2 Å². The van der Waals surface area contributed by atoms with Gasteiger partial charge in [-0.15, -0.1) is 0 Å². The number of nitrogens with zero attached hydrogens (tertiary/aromatic N) is 1. The fourth-order valence-electron chi connectivity index (χ4n) is 3.11. The third-order valence-electron chi connectivity index (χ3n) is 4.64. The Bertz CT molecular complexity index is 1120. The average molecular weight is 353 g/mol. The van der Waals surface area contributed by atoms with Gasteiger partial charge in [0.2, 0.25) is 0 Å². The predicted octanol–water partition coefficient (Wildman–Crippen LogP) is 5.35. The molecule has 0 saturated carbocycles. The number of hydrogen-bond donors (Lipinski definition) is 0. The summed E-state index contributed by atoms with van der Waals surface area (Å²) in [7, 11) is 0. The minimum atomic E-state index is -0.356. The van der Waals surface area contributed by atoms with Gasteiger partial charge in [0, 0.05) is 23.9 Å². The van der Waals surface area contributed by atoms with Crippen LogP contribution in [0.4, 0.5) is 0 Å². The molecule has 0 unspecified atom stereocenters. The SMILES string of the molecule is Cc1cccnc1Cc1ccccc1OC(=O)c1ccc2ccccc2c1. The van der Waals surface area contributed by atoms with Gasteiger partial charge < -0.3 is 4.74 Å². The van der Waals surface area contributed by atoms with E-state index < -0.39 is 0 Å². The molecule has 0 fully saturated rings. The molecule has 0 bridgehead atoms. The van der Waals surface area contributed by atoms with Crippen LogP contribution in [0, 0.1) is 6.92 Å². The van der Waals surface area contributed by atoms with Crippen LogP contribution in [-0.4, -0.2) is 11.0 Å². The molecular formula is C24H19NO2. The lowest BCUT2D eigenvalue weighted by atomic mass is 10.0. The van der Waals surface area contributed by atoms with E-state index >= 15 is 0 Å². The van der Waals surface area contributed by atoms with Crippen molar-refractivity contribution >= 4 is 16.7 Å². The number of ether oxygens (including phenoxy) is 1. The van der Waals surface area contributed by atoms with E-state index in [1.54, 1.807) is 12.3 Å². The number of hydrogen-bond acceptors (Lipinski definition) is 3. The number of aromatic nitrogens is 1. The van der Waals surface area contributed by atoms with Gasteiger partial charge in [0.05, 0.1) is 5.56 Å². The highest BCUT2D eigenvalue weighted by atomic mass is 16.5. The van der Waals surface area contributed by atoms with Crippen LogP contribution in [-0.2, 0) is 6.42 Å². The van der Waals surface area contributed by atoms with E-state index in [0.29, 0.717) is 17.7 Å². The number of benzene rings is 3. The Morgan fingerprint density at radius 1 is 0.889 bits per heavy atom. The van der Waals surface area contributed by atoms with Crippen LogP contribution < -0.4 is 4.74 Å². The van der Waals surface area contributed by atoms with Crippen molar-refractivity contribution in [2.24, 2.45) is 0 Å². The van der Waals surface area contributed by atoms with Crippen molar-refractivity contribution in [2.75, 3.05) is 0 Å². The molecule has 1 heterocycles. The first-order valence-corrected chi connectivity index (χ1v) is 8.90. The summed E-state index contributed by atoms with van der Waals surface area (Å²) in [5.74, 6) is 0.214. The summed E-state index contributed by atoms with van der Waals surface area (Å²) in [5, 5.41) is 2.12. The molecule has 0 N–H and O–H groups in total. The van der Waals surface area contributed by atoms with Crippen LogP contribution >= 0.6 is 0 Å². The van der Waals surface area contributed by atoms with Crippen molar-refractivity contribution in [3.05, 3.63) is 107 Å². The van der Waals surface area contributed by atoms with Crippen molar-refractivity contribution < 1.29 is 9.53 Å². The maximum atomic E-state index is 12.7. The molecule has 0 atom stereocenters. The first kappa shape index (κ1) is 17.0. The van der Waals surface area contributed by atoms with Gasteiger partial charge >= 0.3 is 5.97 Å². The molecule has 0 aliphatic carbocycles. The average Bonchev–Trinajstić information content (AvgIpc) is 2.70. The van der Waals surface area contributed by atoms with Crippen molar-refractivity contribution in [2.45, 2.75) is 13.3 Å². The Morgan fingerprint density at radius 3 is 2.52 bits per heavy atom. The lowest BCUT2D eigenvalue weighted by Crippen LogP contribution is -2.10. The third-order valence-corrected chi connectivity index (χ3v) is 4.64. The highest BCUT2D eigenvalue weighted by molar-refractivity contribution is 5.96. The van der Waals surface area contributed by atoms with Gasteiger partial charge in [-0.05, 0) is 47.5 Å². The van der Waals surface area contributed by atoms with Crippen molar-refractivity contribution in [3.8, 4) is 5.75 Å². The first-order chi connectivity index (χ1) is 13.2. The first-order valence-electron chi connectivity index (χ1n) is 8.90. The van der Waals surface area contributed by atoms with Crippen molar-refractivity contribution in [1.82, 2.24) is 4.98 Å². The third kappa shape index (κ3) is 3.72. The van der Waals surface area contributed by atoms with Gasteiger partial charge in [0.1, 0.15) is 5.75 Å². The fourth-order valence-corrected chi connectivity index (χ4v) is 3.11. The molecule has 0 saturated heterocycles. The Hall–Kier alpha value is -3.46. The van der Waals surface area contributed by atoms with E-state index in [1.165, 1.54) is 0 Å². The molecule has 0 aliphatic heterocycles. The molecule has 27 heavy (non-hydrogen) atoms. The molecule has 0 amide bonds. The number of fused-ring (bicyclic) bond motifs is 1. The van der Waals surface area contributed by atoms with Gasteiger partial charge in [0.15, 0.2) is 0 Å². The summed E-state index contributed by atoms with van der Waals surface area (Å²) in [4.78, 5) is 17.1. The van der Waals surface area contributed by atoms with E-state index in [1.807, 2.05) is 79.7 Å². The molecule has 0 spiro atoms. The molecule has 0 radical (unpaired) electrons. The second-order valence-electron chi connectivity index (χ2n) is 6.50. The van der Waals surface area contributed by atoms with Crippen LogP contribution in [0.2, 0.25) is 0 Å². The number of carbonyl (C=O) groups is 1. The molecule has 3 aromatic carbocycles. The van der Waals surface area contributed by atoms with Gasteiger partial charge in [0.25, 0.3) is 0 Å². The molecule has 4 rings (SSSR count). The second kappa shape index (κ2) is 7.42. The summed E-state index contributed by atoms with van der Waals surface area (Å²) in [6.07, 6.45) is 2.40.